The number of rotatable bonds is 2. The zero-order valence-corrected chi connectivity index (χ0v) is 13.2. The first-order valence-electron chi connectivity index (χ1n) is 7.01. The van der Waals surface area contributed by atoms with Crippen LogP contribution in [0.25, 0.3) is 0 Å². The number of piperazine rings is 1. The van der Waals surface area contributed by atoms with Gasteiger partial charge in [0.1, 0.15) is 6.04 Å². The number of benzene rings is 1. The number of fused-ring (bicyclic) bond motifs is 1. The van der Waals surface area contributed by atoms with Crippen molar-refractivity contribution in [3.63, 3.8) is 0 Å². The van der Waals surface area contributed by atoms with Gasteiger partial charge in [0.2, 0.25) is 21.8 Å². The van der Waals surface area contributed by atoms with Crippen molar-refractivity contribution in [1.82, 2.24) is 9.62 Å². The highest BCUT2D eigenvalue weighted by Gasteiger charge is 2.36. The molecule has 0 spiro atoms. The minimum atomic E-state index is -3.76. The molecule has 2 aliphatic heterocycles. The van der Waals surface area contributed by atoms with Crippen LogP contribution in [0.15, 0.2) is 23.1 Å². The summed E-state index contributed by atoms with van der Waals surface area (Å²) < 4.78 is 26.7. The van der Waals surface area contributed by atoms with Gasteiger partial charge in [0.05, 0.1) is 11.3 Å². The van der Waals surface area contributed by atoms with E-state index in [9.17, 15) is 18.0 Å². The van der Waals surface area contributed by atoms with Crippen molar-refractivity contribution >= 4 is 27.5 Å². The van der Waals surface area contributed by atoms with E-state index in [1.165, 1.54) is 21.3 Å². The fraction of sp³-hybridized carbons (Fsp3) is 0.429. The summed E-state index contributed by atoms with van der Waals surface area (Å²) >= 11 is 0. The van der Waals surface area contributed by atoms with Crippen molar-refractivity contribution in [1.29, 1.82) is 0 Å². The maximum atomic E-state index is 12.8. The van der Waals surface area contributed by atoms with E-state index in [1.807, 2.05) is 0 Å². The van der Waals surface area contributed by atoms with E-state index < -0.39 is 16.1 Å². The monoisotopic (exact) mass is 323 g/mol. The lowest BCUT2D eigenvalue weighted by Gasteiger charge is -2.31. The Kier molecular flexibility index (Phi) is 3.45. The second-order valence-electron chi connectivity index (χ2n) is 5.50. The van der Waals surface area contributed by atoms with Crippen molar-refractivity contribution in [2.24, 2.45) is 0 Å². The van der Waals surface area contributed by atoms with Crippen LogP contribution in [0.1, 0.15) is 12.5 Å². The quantitative estimate of drug-likeness (QED) is 0.810. The Morgan fingerprint density at radius 2 is 2.00 bits per heavy atom. The molecule has 1 aromatic rings. The molecule has 1 unspecified atom stereocenters. The number of hydrogen-bond acceptors (Lipinski definition) is 4. The molecule has 3 rings (SSSR count). The van der Waals surface area contributed by atoms with Gasteiger partial charge < -0.3 is 10.2 Å². The molecule has 0 radical (unpaired) electrons. The van der Waals surface area contributed by atoms with Gasteiger partial charge in [0.25, 0.3) is 0 Å². The molecule has 1 saturated heterocycles. The number of likely N-dealkylation sites (N-methyl/N-ethyl adjacent to an activating group) is 1. The van der Waals surface area contributed by atoms with Gasteiger partial charge in [-0.1, -0.05) is 0 Å². The van der Waals surface area contributed by atoms with E-state index >= 15 is 0 Å². The first kappa shape index (κ1) is 15.0. The van der Waals surface area contributed by atoms with E-state index in [0.717, 1.165) is 5.69 Å². The van der Waals surface area contributed by atoms with Crippen molar-refractivity contribution in [3.05, 3.63) is 23.8 Å². The Morgan fingerprint density at radius 3 is 2.73 bits per heavy atom. The summed E-state index contributed by atoms with van der Waals surface area (Å²) in [6.45, 7) is 2.11. The van der Waals surface area contributed by atoms with Crippen LogP contribution in [0.3, 0.4) is 0 Å². The third kappa shape index (κ3) is 2.19. The van der Waals surface area contributed by atoms with Crippen LogP contribution in [0.5, 0.6) is 0 Å². The minimum Gasteiger partial charge on any atom is -0.353 e. The van der Waals surface area contributed by atoms with Crippen molar-refractivity contribution in [2.75, 3.05) is 25.0 Å². The molecule has 8 heteroatoms. The van der Waals surface area contributed by atoms with Crippen LogP contribution in [-0.2, 0) is 26.0 Å². The van der Waals surface area contributed by atoms with E-state index in [0.29, 0.717) is 12.1 Å². The molecule has 2 amide bonds. The van der Waals surface area contributed by atoms with Crippen molar-refractivity contribution < 1.29 is 18.0 Å². The van der Waals surface area contributed by atoms with Crippen LogP contribution in [0.2, 0.25) is 0 Å². The zero-order valence-electron chi connectivity index (χ0n) is 12.4. The smallest absolute Gasteiger partial charge is 0.243 e. The fourth-order valence-electron chi connectivity index (χ4n) is 2.83. The molecule has 1 aromatic carbocycles. The standard InChI is InChI=1S/C14H17N3O4S/c1-9-14(19)15-5-6-17(9)22(20,21)11-3-4-12-10(7-11)8-13(18)16(12)2/h3-4,7,9H,5-6,8H2,1-2H3,(H,15,19). The average molecular weight is 323 g/mol. The molecule has 0 saturated carbocycles. The third-order valence-corrected chi connectivity index (χ3v) is 6.14. The van der Waals surface area contributed by atoms with Gasteiger partial charge in [-0.2, -0.15) is 4.31 Å². The highest BCUT2D eigenvalue weighted by atomic mass is 32.2. The number of nitrogens with zero attached hydrogens (tertiary/aromatic N) is 2. The zero-order chi connectivity index (χ0) is 16.1. The summed E-state index contributed by atoms with van der Waals surface area (Å²) in [5.41, 5.74) is 1.43. The summed E-state index contributed by atoms with van der Waals surface area (Å²) in [5, 5.41) is 2.64. The molecule has 1 atom stereocenters. The number of amides is 2. The summed E-state index contributed by atoms with van der Waals surface area (Å²) in [6.07, 6.45) is 0.200. The average Bonchev–Trinajstić information content (AvgIpc) is 2.76. The molecule has 7 nitrogen and oxygen atoms in total. The normalized spacial score (nSPS) is 22.6. The second kappa shape index (κ2) is 5.06. The minimum absolute atomic E-state index is 0.0599. The molecule has 2 aliphatic rings. The van der Waals surface area contributed by atoms with Gasteiger partial charge >= 0.3 is 0 Å². The lowest BCUT2D eigenvalue weighted by Crippen LogP contribution is -2.55. The molecule has 0 aromatic heterocycles. The molecule has 1 N–H and O–H groups in total. The molecule has 2 heterocycles. The van der Waals surface area contributed by atoms with E-state index in [2.05, 4.69) is 5.32 Å². The fourth-order valence-corrected chi connectivity index (χ4v) is 4.48. The highest BCUT2D eigenvalue weighted by molar-refractivity contribution is 7.89. The highest BCUT2D eigenvalue weighted by Crippen LogP contribution is 2.31. The van der Waals surface area contributed by atoms with Gasteiger partial charge in [-0.3, -0.25) is 9.59 Å². The van der Waals surface area contributed by atoms with Crippen LogP contribution in [0.4, 0.5) is 5.69 Å². The molecular weight excluding hydrogens is 306 g/mol. The Bertz CT molecular complexity index is 759. The Balaban J connectivity index is 1.99. The van der Waals surface area contributed by atoms with E-state index in [4.69, 9.17) is 0 Å². The van der Waals surface area contributed by atoms with Gasteiger partial charge in [0, 0.05) is 25.8 Å². The summed E-state index contributed by atoms with van der Waals surface area (Å²) in [7, 11) is -2.09. The second-order valence-corrected chi connectivity index (χ2v) is 7.39. The van der Waals surface area contributed by atoms with E-state index in [-0.39, 0.29) is 29.7 Å². The van der Waals surface area contributed by atoms with Crippen molar-refractivity contribution in [3.8, 4) is 0 Å². The topological polar surface area (TPSA) is 86.8 Å². The van der Waals surface area contributed by atoms with E-state index in [1.54, 1.807) is 20.0 Å². The largest absolute Gasteiger partial charge is 0.353 e. The molecule has 118 valence electrons. The first-order valence-corrected chi connectivity index (χ1v) is 8.45. The van der Waals surface area contributed by atoms with Crippen LogP contribution >= 0.6 is 0 Å². The Labute approximate surface area is 128 Å². The van der Waals surface area contributed by atoms with Gasteiger partial charge in [-0.15, -0.1) is 0 Å². The predicted molar refractivity (Wildman–Crippen MR) is 79.9 cm³/mol. The number of sulfonamides is 1. The molecule has 22 heavy (non-hydrogen) atoms. The first-order chi connectivity index (χ1) is 10.3. The molecule has 0 bridgehead atoms. The van der Waals surface area contributed by atoms with Crippen molar-refractivity contribution in [2.45, 2.75) is 24.3 Å². The lowest BCUT2D eigenvalue weighted by molar-refractivity contribution is -0.126. The third-order valence-electron chi connectivity index (χ3n) is 4.18. The SMILES string of the molecule is CC1C(=O)NCCN1S(=O)(=O)c1ccc2c(c1)CC(=O)N2C. The number of nitrogens with one attached hydrogen (secondary N) is 1. The number of carbonyl (C=O) groups is 2. The van der Waals surface area contributed by atoms with Crippen LogP contribution in [0, 0.1) is 0 Å². The maximum absolute atomic E-state index is 12.8. The number of carbonyl (C=O) groups excluding carboxylic acids is 2. The lowest BCUT2D eigenvalue weighted by atomic mass is 10.2. The van der Waals surface area contributed by atoms with Gasteiger partial charge in [-0.05, 0) is 30.7 Å². The number of anilines is 1. The Morgan fingerprint density at radius 1 is 1.27 bits per heavy atom. The number of hydrogen-bond donors (Lipinski definition) is 1. The molecule has 0 aliphatic carbocycles. The van der Waals surface area contributed by atoms with Crippen LogP contribution in [-0.4, -0.2) is 50.7 Å². The maximum Gasteiger partial charge on any atom is 0.243 e. The summed E-state index contributed by atoms with van der Waals surface area (Å²) in [4.78, 5) is 25.0. The molecular formula is C14H17N3O4S. The predicted octanol–water partition coefficient (Wildman–Crippen LogP) is -0.285. The van der Waals surface area contributed by atoms with Crippen LogP contribution < -0.4 is 10.2 Å². The Hall–Kier alpha value is -1.93. The summed E-state index contributed by atoms with van der Waals surface area (Å²) in [5.74, 6) is -0.360. The van der Waals surface area contributed by atoms with Gasteiger partial charge in [0.15, 0.2) is 0 Å². The summed E-state index contributed by atoms with van der Waals surface area (Å²) in [6, 6.07) is 3.92. The molecule has 1 fully saturated rings. The van der Waals surface area contributed by atoms with Gasteiger partial charge in [-0.25, -0.2) is 8.42 Å².